The van der Waals surface area contributed by atoms with Crippen molar-refractivity contribution in [2.24, 2.45) is 0 Å². The molecule has 0 aliphatic rings. The Kier molecular flexibility index (Phi) is 4.48. The summed E-state index contributed by atoms with van der Waals surface area (Å²) in [4.78, 5) is 22.4. The highest BCUT2D eigenvalue weighted by Crippen LogP contribution is 2.17. The Morgan fingerprint density at radius 1 is 1.44 bits per heavy atom. The number of amides is 1. The summed E-state index contributed by atoms with van der Waals surface area (Å²) in [6.45, 7) is 2.62. The number of carboxylic acids is 1. The molecule has 0 spiro atoms. The lowest BCUT2D eigenvalue weighted by Crippen LogP contribution is -2.46. The van der Waals surface area contributed by atoms with Crippen LogP contribution in [0.25, 0.3) is 0 Å². The first-order chi connectivity index (χ1) is 8.24. The van der Waals surface area contributed by atoms with Gasteiger partial charge in [0.05, 0.1) is 6.54 Å². The minimum absolute atomic E-state index is 0.351. The summed E-state index contributed by atoms with van der Waals surface area (Å²) in [5.74, 6) is -1.80. The second kappa shape index (κ2) is 5.49. The lowest BCUT2D eigenvalue weighted by atomic mass is 10.1. The molecule has 1 aromatic rings. The average molecular weight is 316 g/mol. The molecule has 0 radical (unpaired) electrons. The molecule has 1 aromatic carbocycles. The van der Waals surface area contributed by atoms with E-state index in [2.05, 4.69) is 21.2 Å². The van der Waals surface area contributed by atoms with Crippen LogP contribution in [0.3, 0.4) is 0 Å². The molecular formula is C12H14BrNO4. The van der Waals surface area contributed by atoms with Gasteiger partial charge in [0.15, 0.2) is 5.60 Å². The average Bonchev–Trinajstić information content (AvgIpc) is 2.29. The van der Waals surface area contributed by atoms with Crippen molar-refractivity contribution in [1.82, 2.24) is 5.32 Å². The molecule has 1 amide bonds. The van der Waals surface area contributed by atoms with Crippen LogP contribution < -0.4 is 5.32 Å². The zero-order chi connectivity index (χ0) is 13.9. The summed E-state index contributed by atoms with van der Waals surface area (Å²) < 4.78 is 0.886. The van der Waals surface area contributed by atoms with Crippen LogP contribution in [0.4, 0.5) is 0 Å². The van der Waals surface area contributed by atoms with Gasteiger partial charge in [0, 0.05) is 10.0 Å². The van der Waals surface area contributed by atoms with Gasteiger partial charge in [0.1, 0.15) is 0 Å². The molecule has 0 heterocycles. The van der Waals surface area contributed by atoms with Crippen molar-refractivity contribution >= 4 is 27.8 Å². The van der Waals surface area contributed by atoms with E-state index in [-0.39, 0.29) is 6.54 Å². The van der Waals surface area contributed by atoms with Crippen LogP contribution in [0, 0.1) is 6.92 Å². The number of nitrogens with one attached hydrogen (secondary N) is 1. The number of aliphatic hydroxyl groups is 1. The van der Waals surface area contributed by atoms with Crippen molar-refractivity contribution in [3.63, 3.8) is 0 Å². The third-order valence-electron chi connectivity index (χ3n) is 2.47. The van der Waals surface area contributed by atoms with Crippen LogP contribution in [0.5, 0.6) is 0 Å². The van der Waals surface area contributed by atoms with E-state index in [0.717, 1.165) is 17.0 Å². The number of halogens is 1. The molecule has 0 bridgehead atoms. The fraction of sp³-hybridized carbons (Fsp3) is 0.333. The van der Waals surface area contributed by atoms with Gasteiger partial charge in [-0.15, -0.1) is 0 Å². The number of benzene rings is 1. The Balaban J connectivity index is 2.72. The fourth-order valence-electron chi connectivity index (χ4n) is 1.22. The maximum absolute atomic E-state index is 11.7. The topological polar surface area (TPSA) is 86.6 Å². The lowest BCUT2D eigenvalue weighted by Gasteiger charge is -2.18. The SMILES string of the molecule is Cc1cc(C(=O)NCC(C)(O)C(=O)O)ccc1Br. The second-order valence-corrected chi connectivity index (χ2v) is 5.08. The number of rotatable bonds is 4. The molecule has 18 heavy (non-hydrogen) atoms. The van der Waals surface area contributed by atoms with E-state index < -0.39 is 17.5 Å². The number of hydrogen-bond donors (Lipinski definition) is 3. The standard InChI is InChI=1S/C12H14BrNO4/c1-7-5-8(3-4-9(7)13)10(15)14-6-12(2,18)11(16)17/h3-5,18H,6H2,1-2H3,(H,14,15)(H,16,17). The number of hydrogen-bond acceptors (Lipinski definition) is 3. The Bertz CT molecular complexity index is 485. The van der Waals surface area contributed by atoms with Crippen LogP contribution in [-0.4, -0.2) is 34.2 Å². The Hall–Kier alpha value is -1.40. The molecule has 1 rings (SSSR count). The Morgan fingerprint density at radius 3 is 2.56 bits per heavy atom. The first kappa shape index (κ1) is 14.7. The van der Waals surface area contributed by atoms with Gasteiger partial charge in [-0.25, -0.2) is 4.79 Å². The summed E-state index contributed by atoms with van der Waals surface area (Å²) in [6.07, 6.45) is 0. The van der Waals surface area contributed by atoms with Gasteiger partial charge >= 0.3 is 5.97 Å². The van der Waals surface area contributed by atoms with Gasteiger partial charge in [0.2, 0.25) is 0 Å². The molecule has 0 aromatic heterocycles. The number of aliphatic carboxylic acids is 1. The number of aryl methyl sites for hydroxylation is 1. The van der Waals surface area contributed by atoms with Crippen LogP contribution >= 0.6 is 15.9 Å². The van der Waals surface area contributed by atoms with Gasteiger partial charge in [0.25, 0.3) is 5.91 Å². The normalized spacial score (nSPS) is 13.8. The highest BCUT2D eigenvalue weighted by atomic mass is 79.9. The summed E-state index contributed by atoms with van der Waals surface area (Å²) in [5.41, 5.74) is -0.662. The Morgan fingerprint density at radius 2 is 2.06 bits per heavy atom. The van der Waals surface area contributed by atoms with Crippen molar-refractivity contribution in [2.75, 3.05) is 6.54 Å². The summed E-state index contributed by atoms with van der Waals surface area (Å²) >= 11 is 3.32. The first-order valence-electron chi connectivity index (χ1n) is 5.24. The van der Waals surface area contributed by atoms with E-state index in [1.54, 1.807) is 18.2 Å². The molecule has 98 valence electrons. The zero-order valence-corrected chi connectivity index (χ0v) is 11.6. The third-order valence-corrected chi connectivity index (χ3v) is 3.36. The van der Waals surface area contributed by atoms with Crippen LogP contribution in [0.15, 0.2) is 22.7 Å². The molecule has 0 saturated carbocycles. The minimum atomic E-state index is -1.97. The quantitative estimate of drug-likeness (QED) is 0.782. The molecule has 0 aliphatic heterocycles. The molecule has 0 aliphatic carbocycles. The van der Waals surface area contributed by atoms with Gasteiger partial charge in [-0.05, 0) is 37.6 Å². The second-order valence-electron chi connectivity index (χ2n) is 4.23. The van der Waals surface area contributed by atoms with Crippen LogP contribution in [0.2, 0.25) is 0 Å². The molecule has 1 unspecified atom stereocenters. The fourth-order valence-corrected chi connectivity index (χ4v) is 1.46. The Labute approximate surface area is 113 Å². The zero-order valence-electron chi connectivity index (χ0n) is 10.0. The number of carboxylic acid groups (broad SMARTS) is 1. The van der Waals surface area contributed by atoms with E-state index in [1.165, 1.54) is 0 Å². The number of carbonyl (C=O) groups is 2. The molecule has 0 fully saturated rings. The predicted molar refractivity (Wildman–Crippen MR) is 69.5 cm³/mol. The van der Waals surface area contributed by atoms with Crippen molar-refractivity contribution < 1.29 is 19.8 Å². The predicted octanol–water partition coefficient (Wildman–Crippen LogP) is 1.32. The van der Waals surface area contributed by atoms with Crippen molar-refractivity contribution in [3.05, 3.63) is 33.8 Å². The molecule has 5 nitrogen and oxygen atoms in total. The molecular weight excluding hydrogens is 302 g/mol. The van der Waals surface area contributed by atoms with Gasteiger partial charge < -0.3 is 15.5 Å². The minimum Gasteiger partial charge on any atom is -0.479 e. The van der Waals surface area contributed by atoms with Gasteiger partial charge in [-0.1, -0.05) is 15.9 Å². The smallest absolute Gasteiger partial charge is 0.337 e. The maximum atomic E-state index is 11.7. The van der Waals surface area contributed by atoms with Crippen LogP contribution in [0.1, 0.15) is 22.8 Å². The molecule has 1 atom stereocenters. The molecule has 3 N–H and O–H groups in total. The third kappa shape index (κ3) is 3.54. The molecule has 6 heteroatoms. The molecule has 0 saturated heterocycles. The monoisotopic (exact) mass is 315 g/mol. The summed E-state index contributed by atoms with van der Waals surface area (Å²) in [6, 6.07) is 5.02. The van der Waals surface area contributed by atoms with Gasteiger partial charge in [-0.2, -0.15) is 0 Å². The van der Waals surface area contributed by atoms with Crippen LogP contribution in [-0.2, 0) is 4.79 Å². The lowest BCUT2D eigenvalue weighted by molar-refractivity contribution is -0.155. The maximum Gasteiger partial charge on any atom is 0.337 e. The van der Waals surface area contributed by atoms with E-state index in [4.69, 9.17) is 5.11 Å². The highest BCUT2D eigenvalue weighted by Gasteiger charge is 2.30. The van der Waals surface area contributed by atoms with E-state index in [0.29, 0.717) is 5.56 Å². The van der Waals surface area contributed by atoms with Gasteiger partial charge in [-0.3, -0.25) is 4.79 Å². The van der Waals surface area contributed by atoms with Crippen molar-refractivity contribution in [2.45, 2.75) is 19.4 Å². The van der Waals surface area contributed by atoms with Crippen molar-refractivity contribution in [3.8, 4) is 0 Å². The van der Waals surface area contributed by atoms with Crippen molar-refractivity contribution in [1.29, 1.82) is 0 Å². The van der Waals surface area contributed by atoms with E-state index >= 15 is 0 Å². The number of carbonyl (C=O) groups excluding carboxylic acids is 1. The summed E-state index contributed by atoms with van der Waals surface area (Å²) in [7, 11) is 0. The van der Waals surface area contributed by atoms with E-state index in [9.17, 15) is 14.7 Å². The summed E-state index contributed by atoms with van der Waals surface area (Å²) in [5, 5.41) is 20.5. The van der Waals surface area contributed by atoms with E-state index in [1.807, 2.05) is 6.92 Å². The highest BCUT2D eigenvalue weighted by molar-refractivity contribution is 9.10. The first-order valence-corrected chi connectivity index (χ1v) is 6.03. The largest absolute Gasteiger partial charge is 0.479 e.